The zero-order valence-electron chi connectivity index (χ0n) is 18.1. The quantitative estimate of drug-likeness (QED) is 0.732. The highest BCUT2D eigenvalue weighted by Crippen LogP contribution is 2.54. The van der Waals surface area contributed by atoms with Gasteiger partial charge in [-0.25, -0.2) is 18.9 Å². The summed E-state index contributed by atoms with van der Waals surface area (Å²) in [7, 11) is 0. The monoisotopic (exact) mass is 423 g/mol. The second-order valence-electron chi connectivity index (χ2n) is 10.4. The van der Waals surface area contributed by atoms with Crippen molar-refractivity contribution in [2.24, 2.45) is 11.3 Å². The Kier molecular flexibility index (Phi) is 4.37. The first-order valence-corrected chi connectivity index (χ1v) is 11.7. The molecule has 2 aliphatic carbocycles. The fourth-order valence-electron chi connectivity index (χ4n) is 5.72. The SMILES string of the molecule is Cc1cccc(F)c1CCC1CN(C(=O)N2CC3(CC(n4cnc(C5CC5)n4)C3)C2)C1. The first-order valence-electron chi connectivity index (χ1n) is 11.7. The topological polar surface area (TPSA) is 54.3 Å². The third kappa shape index (κ3) is 3.42. The molecule has 1 aromatic heterocycles. The summed E-state index contributed by atoms with van der Waals surface area (Å²) in [6.45, 7) is 5.33. The maximum atomic E-state index is 14.0. The average molecular weight is 424 g/mol. The lowest BCUT2D eigenvalue weighted by Crippen LogP contribution is -2.67. The minimum Gasteiger partial charge on any atom is -0.324 e. The van der Waals surface area contributed by atoms with Gasteiger partial charge in [0.1, 0.15) is 12.1 Å². The van der Waals surface area contributed by atoms with Crippen molar-refractivity contribution in [1.29, 1.82) is 0 Å². The van der Waals surface area contributed by atoms with E-state index in [9.17, 15) is 9.18 Å². The lowest BCUT2D eigenvalue weighted by atomic mass is 9.61. The minimum atomic E-state index is -0.105. The molecule has 0 bridgehead atoms. The van der Waals surface area contributed by atoms with Gasteiger partial charge in [-0.1, -0.05) is 12.1 Å². The Morgan fingerprint density at radius 2 is 1.97 bits per heavy atom. The van der Waals surface area contributed by atoms with Crippen LogP contribution in [0.1, 0.15) is 61.0 Å². The van der Waals surface area contributed by atoms with Crippen LogP contribution in [0, 0.1) is 24.1 Å². The van der Waals surface area contributed by atoms with Gasteiger partial charge in [0.2, 0.25) is 0 Å². The highest BCUT2D eigenvalue weighted by molar-refractivity contribution is 5.76. The molecule has 4 aliphatic rings. The number of rotatable bonds is 5. The summed E-state index contributed by atoms with van der Waals surface area (Å²) >= 11 is 0. The first-order chi connectivity index (χ1) is 15.0. The zero-order valence-corrected chi connectivity index (χ0v) is 18.1. The molecule has 0 unspecified atom stereocenters. The molecule has 1 aromatic carbocycles. The zero-order chi connectivity index (χ0) is 21.2. The molecule has 0 atom stereocenters. The summed E-state index contributed by atoms with van der Waals surface area (Å²) in [6.07, 6.45) is 8.27. The number of likely N-dealkylation sites (tertiary alicyclic amines) is 2. The van der Waals surface area contributed by atoms with Crippen molar-refractivity contribution >= 4 is 6.03 Å². The Morgan fingerprint density at radius 1 is 1.19 bits per heavy atom. The van der Waals surface area contributed by atoms with Gasteiger partial charge in [-0.15, -0.1) is 0 Å². The van der Waals surface area contributed by atoms with Crippen molar-refractivity contribution in [1.82, 2.24) is 24.6 Å². The van der Waals surface area contributed by atoms with E-state index in [1.165, 1.54) is 12.8 Å². The number of urea groups is 1. The molecule has 31 heavy (non-hydrogen) atoms. The number of amides is 2. The smallest absolute Gasteiger partial charge is 0.320 e. The molecule has 1 spiro atoms. The second kappa shape index (κ2) is 7.04. The Morgan fingerprint density at radius 3 is 2.68 bits per heavy atom. The number of nitrogens with zero attached hydrogens (tertiary/aromatic N) is 5. The number of aromatic nitrogens is 3. The van der Waals surface area contributed by atoms with Crippen LogP contribution in [0.15, 0.2) is 24.5 Å². The predicted octanol–water partition coefficient (Wildman–Crippen LogP) is 3.92. The second-order valence-corrected chi connectivity index (χ2v) is 10.4. The maximum absolute atomic E-state index is 14.0. The number of carbonyl (C=O) groups excluding carboxylic acids is 1. The Bertz CT molecular complexity index is 975. The number of aryl methyl sites for hydroxylation is 1. The molecule has 0 N–H and O–H groups in total. The number of halogens is 1. The van der Waals surface area contributed by atoms with Gasteiger partial charge in [0.05, 0.1) is 6.04 Å². The van der Waals surface area contributed by atoms with E-state index >= 15 is 0 Å². The van der Waals surface area contributed by atoms with Crippen LogP contribution in [-0.2, 0) is 6.42 Å². The standard InChI is InChI=1S/C24H30FN5O/c1-16-3-2-4-21(25)20(16)8-5-17-11-28(12-17)23(31)29-13-24(14-29)9-19(10-24)30-15-26-22(27-30)18-6-7-18/h2-4,15,17-19H,5-14H2,1H3. The van der Waals surface area contributed by atoms with Crippen LogP contribution in [0.3, 0.4) is 0 Å². The van der Waals surface area contributed by atoms with E-state index < -0.39 is 0 Å². The van der Waals surface area contributed by atoms with Crippen LogP contribution in [0.25, 0.3) is 0 Å². The largest absolute Gasteiger partial charge is 0.324 e. The highest BCUT2D eigenvalue weighted by atomic mass is 19.1. The van der Waals surface area contributed by atoms with E-state index in [0.29, 0.717) is 23.3 Å². The maximum Gasteiger partial charge on any atom is 0.320 e. The average Bonchev–Trinajstić information content (AvgIpc) is 3.38. The van der Waals surface area contributed by atoms with Gasteiger partial charge in [0, 0.05) is 37.5 Å². The molecule has 2 aliphatic heterocycles. The van der Waals surface area contributed by atoms with Crippen LogP contribution >= 0.6 is 0 Å². The van der Waals surface area contributed by atoms with Crippen molar-refractivity contribution in [2.45, 2.75) is 57.4 Å². The van der Waals surface area contributed by atoms with Gasteiger partial charge in [0.15, 0.2) is 5.82 Å². The molecule has 6 rings (SSSR count). The van der Waals surface area contributed by atoms with Crippen molar-refractivity contribution in [3.8, 4) is 0 Å². The third-order valence-electron chi connectivity index (χ3n) is 7.89. The molecule has 2 amide bonds. The van der Waals surface area contributed by atoms with Crippen LogP contribution in [-0.4, -0.2) is 56.8 Å². The molecular weight excluding hydrogens is 393 g/mol. The Labute approximate surface area is 182 Å². The van der Waals surface area contributed by atoms with E-state index in [4.69, 9.17) is 0 Å². The van der Waals surface area contributed by atoms with E-state index in [2.05, 4.69) is 14.8 Å². The summed E-state index contributed by atoms with van der Waals surface area (Å²) in [4.78, 5) is 21.2. The molecule has 164 valence electrons. The third-order valence-corrected chi connectivity index (χ3v) is 7.89. The molecule has 3 heterocycles. The normalized spacial score (nSPS) is 22.9. The van der Waals surface area contributed by atoms with Gasteiger partial charge in [-0.05, 0) is 68.6 Å². The van der Waals surface area contributed by atoms with Crippen LogP contribution < -0.4 is 0 Å². The molecule has 6 nitrogen and oxygen atoms in total. The predicted molar refractivity (Wildman–Crippen MR) is 114 cm³/mol. The van der Waals surface area contributed by atoms with Crippen molar-refractivity contribution < 1.29 is 9.18 Å². The summed E-state index contributed by atoms with van der Waals surface area (Å²) in [6, 6.07) is 5.91. The Balaban J connectivity index is 0.935. The molecule has 2 saturated heterocycles. The molecule has 7 heteroatoms. The van der Waals surface area contributed by atoms with E-state index in [-0.39, 0.29) is 11.8 Å². The fourth-order valence-corrected chi connectivity index (χ4v) is 5.72. The first kappa shape index (κ1) is 19.3. The number of benzene rings is 1. The number of hydrogen-bond donors (Lipinski definition) is 0. The van der Waals surface area contributed by atoms with Crippen molar-refractivity contribution in [3.63, 3.8) is 0 Å². The fraction of sp³-hybridized carbons (Fsp3) is 0.625. The van der Waals surface area contributed by atoms with Crippen LogP contribution in [0.4, 0.5) is 9.18 Å². The molecule has 0 radical (unpaired) electrons. The lowest BCUT2D eigenvalue weighted by molar-refractivity contribution is -0.0788. The van der Waals surface area contributed by atoms with Gasteiger partial charge < -0.3 is 9.80 Å². The molecule has 2 aromatic rings. The van der Waals surface area contributed by atoms with Crippen LogP contribution in [0.2, 0.25) is 0 Å². The summed E-state index contributed by atoms with van der Waals surface area (Å²) in [5.74, 6) is 2.00. The molecule has 4 fully saturated rings. The lowest BCUT2D eigenvalue weighted by Gasteiger charge is -2.60. The van der Waals surface area contributed by atoms with Crippen molar-refractivity contribution in [3.05, 3.63) is 47.3 Å². The Hall–Kier alpha value is -2.44. The number of hydrogen-bond acceptors (Lipinski definition) is 3. The van der Waals surface area contributed by atoms with Gasteiger partial charge in [0.25, 0.3) is 0 Å². The van der Waals surface area contributed by atoms with E-state index in [0.717, 1.165) is 68.8 Å². The van der Waals surface area contributed by atoms with Gasteiger partial charge in [-0.2, -0.15) is 5.10 Å². The minimum absolute atomic E-state index is 0.105. The van der Waals surface area contributed by atoms with E-state index in [1.807, 2.05) is 29.1 Å². The van der Waals surface area contributed by atoms with Crippen molar-refractivity contribution in [2.75, 3.05) is 26.2 Å². The van der Waals surface area contributed by atoms with Gasteiger partial charge >= 0.3 is 6.03 Å². The van der Waals surface area contributed by atoms with E-state index in [1.54, 1.807) is 12.1 Å². The molecular formula is C24H30FN5O. The van der Waals surface area contributed by atoms with Gasteiger partial charge in [-0.3, -0.25) is 0 Å². The summed E-state index contributed by atoms with van der Waals surface area (Å²) < 4.78 is 16.1. The summed E-state index contributed by atoms with van der Waals surface area (Å²) in [5, 5.41) is 4.67. The summed E-state index contributed by atoms with van der Waals surface area (Å²) in [5.41, 5.74) is 2.15. The molecule has 2 saturated carbocycles. The van der Waals surface area contributed by atoms with Crippen LogP contribution in [0.5, 0.6) is 0 Å². The number of carbonyl (C=O) groups is 1. The highest BCUT2D eigenvalue weighted by Gasteiger charge is 2.55.